The third kappa shape index (κ3) is 8.27. The number of aliphatic hydroxyl groups is 1. The first-order valence-corrected chi connectivity index (χ1v) is 9.05. The minimum Gasteiger partial charge on any atom is -0.400 e. The van der Waals surface area contributed by atoms with E-state index in [-0.39, 0.29) is 17.6 Å². The van der Waals surface area contributed by atoms with Crippen molar-refractivity contribution in [1.29, 1.82) is 0 Å². The minimum atomic E-state index is 0.127. The van der Waals surface area contributed by atoms with E-state index in [0.717, 1.165) is 38.4 Å². The van der Waals surface area contributed by atoms with Gasteiger partial charge < -0.3 is 15.3 Å². The molecule has 0 atom stereocenters. The molecule has 1 saturated carbocycles. The van der Waals surface area contributed by atoms with Crippen LogP contribution in [0.1, 0.15) is 49.9 Å². The number of ketones is 1. The van der Waals surface area contributed by atoms with Crippen LogP contribution in [-0.4, -0.2) is 55.5 Å². The Balaban J connectivity index is 0.00000134. The van der Waals surface area contributed by atoms with Gasteiger partial charge in [0, 0.05) is 38.7 Å². The molecule has 0 radical (unpaired) electrons. The van der Waals surface area contributed by atoms with Crippen molar-refractivity contribution in [1.82, 2.24) is 10.2 Å². The number of carbonyl (C=O) groups excluding carboxylic acids is 2. The van der Waals surface area contributed by atoms with Crippen LogP contribution in [0.2, 0.25) is 0 Å². The lowest BCUT2D eigenvalue weighted by atomic mass is 9.85. The van der Waals surface area contributed by atoms with Crippen LogP contribution < -0.4 is 5.32 Å². The van der Waals surface area contributed by atoms with E-state index >= 15 is 0 Å². The van der Waals surface area contributed by atoms with Gasteiger partial charge in [-0.25, -0.2) is 0 Å². The number of hydrogen-bond acceptors (Lipinski definition) is 4. The molecule has 0 unspecified atom stereocenters. The third-order valence-corrected chi connectivity index (χ3v) is 4.16. The fraction of sp³-hybridized carbons (Fsp3) is 0.600. The molecule has 0 heterocycles. The van der Waals surface area contributed by atoms with Crippen LogP contribution in [0.3, 0.4) is 0 Å². The number of amides is 1. The van der Waals surface area contributed by atoms with Crippen molar-refractivity contribution in [2.24, 2.45) is 5.92 Å². The summed E-state index contributed by atoms with van der Waals surface area (Å²) in [5, 5.41) is 10.3. The average molecular weight is 351 g/mol. The van der Waals surface area contributed by atoms with Crippen molar-refractivity contribution in [2.75, 3.05) is 27.7 Å². The number of nitrogens with zero attached hydrogens (tertiary/aromatic N) is 1. The van der Waals surface area contributed by atoms with E-state index in [1.54, 1.807) is 4.90 Å². The van der Waals surface area contributed by atoms with Gasteiger partial charge >= 0.3 is 0 Å². The van der Waals surface area contributed by atoms with Crippen LogP contribution in [0.25, 0.3) is 0 Å². The molecule has 5 heteroatoms. The number of Topliss-reactive ketones (excluding diaryl/α,β-unsaturated/α-hetero) is 1. The summed E-state index contributed by atoms with van der Waals surface area (Å²) in [6, 6.07) is 9.71. The summed E-state index contributed by atoms with van der Waals surface area (Å²) in [6.45, 7) is 4.38. The van der Waals surface area contributed by atoms with Crippen LogP contribution in [0, 0.1) is 5.92 Å². The summed E-state index contributed by atoms with van der Waals surface area (Å²) in [5.41, 5.74) is 0.751. The molecular weight excluding hydrogens is 316 g/mol. The molecule has 1 aliphatic carbocycles. The molecule has 0 aromatic heterocycles. The molecule has 5 nitrogen and oxygen atoms in total. The molecule has 0 spiro atoms. The van der Waals surface area contributed by atoms with E-state index in [9.17, 15) is 9.59 Å². The van der Waals surface area contributed by atoms with Crippen LogP contribution in [0.5, 0.6) is 0 Å². The minimum absolute atomic E-state index is 0.127. The summed E-state index contributed by atoms with van der Waals surface area (Å²) >= 11 is 0. The van der Waals surface area contributed by atoms with E-state index < -0.39 is 0 Å². The molecule has 1 fully saturated rings. The van der Waals surface area contributed by atoms with Gasteiger partial charge in [0.1, 0.15) is 0 Å². The van der Waals surface area contributed by atoms with Crippen LogP contribution in [0.15, 0.2) is 30.3 Å². The number of rotatable bonds is 5. The molecule has 1 amide bonds. The quantitative estimate of drug-likeness (QED) is 0.801. The average Bonchev–Trinajstić information content (AvgIpc) is 2.69. The number of carbonyl (C=O) groups is 2. The van der Waals surface area contributed by atoms with Gasteiger partial charge in [0.25, 0.3) is 0 Å². The molecule has 0 saturated heterocycles. The molecule has 1 aromatic carbocycles. The second-order valence-electron chi connectivity index (χ2n) is 5.95. The molecular formula is C20H34N2O3. The Morgan fingerprint density at radius 3 is 2.04 bits per heavy atom. The van der Waals surface area contributed by atoms with Gasteiger partial charge in [-0.05, 0) is 25.7 Å². The maximum Gasteiger partial charge on any atom is 0.225 e. The predicted molar refractivity (Wildman–Crippen MR) is 103 cm³/mol. The summed E-state index contributed by atoms with van der Waals surface area (Å²) in [6.07, 6.45) is 3.75. The summed E-state index contributed by atoms with van der Waals surface area (Å²) < 4.78 is 0. The van der Waals surface area contributed by atoms with Gasteiger partial charge in [-0.1, -0.05) is 44.2 Å². The first-order chi connectivity index (χ1) is 12.1. The molecule has 142 valence electrons. The number of hydrogen-bond donors (Lipinski definition) is 2. The zero-order chi connectivity index (χ0) is 19.2. The normalized spacial score (nSPS) is 18.8. The fourth-order valence-electron chi connectivity index (χ4n) is 2.87. The van der Waals surface area contributed by atoms with Crippen molar-refractivity contribution in [3.63, 3.8) is 0 Å². The van der Waals surface area contributed by atoms with Gasteiger partial charge in [0.2, 0.25) is 5.91 Å². The van der Waals surface area contributed by atoms with Crippen molar-refractivity contribution in [3.8, 4) is 0 Å². The molecule has 1 aromatic rings. The van der Waals surface area contributed by atoms with Gasteiger partial charge in [-0.15, -0.1) is 0 Å². The topological polar surface area (TPSA) is 69.6 Å². The lowest BCUT2D eigenvalue weighted by Crippen LogP contribution is -2.39. The molecule has 0 bridgehead atoms. The van der Waals surface area contributed by atoms with Gasteiger partial charge in [-0.2, -0.15) is 0 Å². The predicted octanol–water partition coefficient (Wildman–Crippen LogP) is 2.74. The van der Waals surface area contributed by atoms with E-state index in [1.807, 2.05) is 58.3 Å². The monoisotopic (exact) mass is 350 g/mol. The maximum absolute atomic E-state index is 12.0. The zero-order valence-electron chi connectivity index (χ0n) is 16.3. The Kier molecular flexibility index (Phi) is 12.6. The van der Waals surface area contributed by atoms with Crippen molar-refractivity contribution >= 4 is 11.7 Å². The van der Waals surface area contributed by atoms with Crippen molar-refractivity contribution in [3.05, 3.63) is 35.9 Å². The summed E-state index contributed by atoms with van der Waals surface area (Å²) in [5.74, 6) is 0.513. The van der Waals surface area contributed by atoms with Crippen LogP contribution >= 0.6 is 0 Å². The van der Waals surface area contributed by atoms with Gasteiger partial charge in [0.05, 0.1) is 6.54 Å². The molecule has 25 heavy (non-hydrogen) atoms. The highest BCUT2D eigenvalue weighted by Gasteiger charge is 2.27. The maximum atomic E-state index is 12.0. The molecule has 0 aliphatic heterocycles. The first kappa shape index (κ1) is 23.3. The van der Waals surface area contributed by atoms with Gasteiger partial charge in [-0.3, -0.25) is 9.59 Å². The third-order valence-electron chi connectivity index (χ3n) is 4.16. The Morgan fingerprint density at radius 2 is 1.56 bits per heavy atom. The summed E-state index contributed by atoms with van der Waals surface area (Å²) in [4.78, 5) is 25.6. The van der Waals surface area contributed by atoms with E-state index in [2.05, 4.69) is 5.32 Å². The van der Waals surface area contributed by atoms with Crippen LogP contribution in [0.4, 0.5) is 0 Å². The second-order valence-corrected chi connectivity index (χ2v) is 5.95. The fourth-order valence-corrected chi connectivity index (χ4v) is 2.87. The van der Waals surface area contributed by atoms with Crippen molar-refractivity contribution in [2.45, 2.75) is 45.6 Å². The molecule has 1 aliphatic rings. The summed E-state index contributed by atoms with van der Waals surface area (Å²) in [7, 11) is 4.62. The molecule has 2 rings (SSSR count). The van der Waals surface area contributed by atoms with E-state index in [0.29, 0.717) is 12.6 Å². The smallest absolute Gasteiger partial charge is 0.225 e. The van der Waals surface area contributed by atoms with Crippen LogP contribution in [-0.2, 0) is 4.79 Å². The highest BCUT2D eigenvalue weighted by molar-refractivity contribution is 5.97. The largest absolute Gasteiger partial charge is 0.400 e. The first-order valence-electron chi connectivity index (χ1n) is 9.05. The lowest BCUT2D eigenvalue weighted by Gasteiger charge is -2.29. The Labute approximate surface area is 152 Å². The SMILES string of the molecule is CC.CN(C)C(=O)C1CCC(NCC(=O)c2ccccc2)CC1.CO. The molecule has 2 N–H and O–H groups in total. The Hall–Kier alpha value is -1.72. The highest BCUT2D eigenvalue weighted by atomic mass is 16.2. The highest BCUT2D eigenvalue weighted by Crippen LogP contribution is 2.25. The number of benzene rings is 1. The standard InChI is InChI=1S/C17H24N2O2.C2H6.CH4O/c1-19(2)17(21)14-8-10-15(11-9-14)18-12-16(20)13-6-4-3-5-7-13;2*1-2/h3-7,14-15,18H,8-12H2,1-2H3;1-2H3;2H,1H3. The van der Waals surface area contributed by atoms with E-state index in [4.69, 9.17) is 5.11 Å². The lowest BCUT2D eigenvalue weighted by molar-refractivity contribution is -0.134. The Bertz CT molecular complexity index is 481. The second kappa shape index (κ2) is 13.6. The van der Waals surface area contributed by atoms with Crippen molar-refractivity contribution < 1.29 is 14.7 Å². The number of aliphatic hydroxyl groups excluding tert-OH is 1. The van der Waals surface area contributed by atoms with E-state index in [1.165, 1.54) is 0 Å². The number of nitrogens with one attached hydrogen (secondary N) is 1. The van der Waals surface area contributed by atoms with Gasteiger partial charge in [0.15, 0.2) is 5.78 Å². The Morgan fingerprint density at radius 1 is 1.04 bits per heavy atom. The zero-order valence-corrected chi connectivity index (χ0v) is 16.3.